The van der Waals surface area contributed by atoms with Gasteiger partial charge in [-0.2, -0.15) is 0 Å². The van der Waals surface area contributed by atoms with Gasteiger partial charge in [-0.1, -0.05) is 11.8 Å². The lowest BCUT2D eigenvalue weighted by molar-refractivity contribution is -0.119. The van der Waals surface area contributed by atoms with Crippen molar-refractivity contribution in [1.29, 1.82) is 0 Å². The molecule has 1 aliphatic heterocycles. The van der Waals surface area contributed by atoms with Crippen LogP contribution >= 0.6 is 11.8 Å². The van der Waals surface area contributed by atoms with Gasteiger partial charge in [-0.15, -0.1) is 10.2 Å². The number of nitrogens with zero attached hydrogens (tertiary/aromatic N) is 2. The Bertz CT molecular complexity index is 746. The average molecular weight is 379 g/mol. The monoisotopic (exact) mass is 379 g/mol. The first-order valence-corrected chi connectivity index (χ1v) is 9.25. The Kier molecular flexibility index (Phi) is 6.35. The van der Waals surface area contributed by atoms with E-state index in [1.165, 1.54) is 11.8 Å². The topological polar surface area (TPSA) is 95.7 Å². The molecule has 0 bridgehead atoms. The minimum Gasteiger partial charge on any atom is -0.497 e. The van der Waals surface area contributed by atoms with Gasteiger partial charge in [0.25, 0.3) is 11.1 Å². The largest absolute Gasteiger partial charge is 0.497 e. The van der Waals surface area contributed by atoms with Crippen LogP contribution in [0.2, 0.25) is 0 Å². The molecule has 0 aliphatic carbocycles. The summed E-state index contributed by atoms with van der Waals surface area (Å²) >= 11 is 1.19. The molecular formula is C17H21N3O5S. The zero-order valence-corrected chi connectivity index (χ0v) is 15.5. The van der Waals surface area contributed by atoms with Gasteiger partial charge in [0.05, 0.1) is 31.6 Å². The van der Waals surface area contributed by atoms with Crippen LogP contribution in [0.4, 0.5) is 0 Å². The van der Waals surface area contributed by atoms with E-state index in [1.807, 2.05) is 0 Å². The summed E-state index contributed by atoms with van der Waals surface area (Å²) in [5.74, 6) is 1.68. The number of carbonyl (C=O) groups excluding carboxylic acids is 1. The van der Waals surface area contributed by atoms with Gasteiger partial charge >= 0.3 is 0 Å². The van der Waals surface area contributed by atoms with Crippen LogP contribution in [-0.4, -0.2) is 55.3 Å². The molecule has 1 N–H and O–H groups in total. The summed E-state index contributed by atoms with van der Waals surface area (Å²) in [5, 5.41) is 11.2. The number of benzene rings is 1. The Labute approximate surface area is 155 Å². The van der Waals surface area contributed by atoms with E-state index in [9.17, 15) is 4.79 Å². The first-order valence-electron chi connectivity index (χ1n) is 8.26. The minimum atomic E-state index is -0.0905. The maximum atomic E-state index is 11.9. The second-order valence-corrected chi connectivity index (χ2v) is 6.59. The summed E-state index contributed by atoms with van der Waals surface area (Å²) < 4.78 is 21.6. The molecule has 1 amide bonds. The van der Waals surface area contributed by atoms with Gasteiger partial charge in [0.15, 0.2) is 0 Å². The van der Waals surface area contributed by atoms with Crippen LogP contribution in [0, 0.1) is 0 Å². The number of carbonyl (C=O) groups is 1. The molecule has 0 unspecified atom stereocenters. The predicted octanol–water partition coefficient (Wildman–Crippen LogP) is 2.14. The molecule has 0 saturated carbocycles. The third kappa shape index (κ3) is 4.67. The van der Waals surface area contributed by atoms with Crippen molar-refractivity contribution >= 4 is 17.7 Å². The summed E-state index contributed by atoms with van der Waals surface area (Å²) in [6.45, 7) is 1.31. The smallest absolute Gasteiger partial charge is 0.277 e. The Morgan fingerprint density at radius 3 is 2.96 bits per heavy atom. The summed E-state index contributed by atoms with van der Waals surface area (Å²) in [7, 11) is 3.14. The maximum absolute atomic E-state index is 11.9. The highest BCUT2D eigenvalue weighted by Crippen LogP contribution is 2.33. The number of methoxy groups -OCH3 is 2. The van der Waals surface area contributed by atoms with Crippen LogP contribution in [0.5, 0.6) is 11.5 Å². The molecule has 0 radical (unpaired) electrons. The van der Waals surface area contributed by atoms with Gasteiger partial charge in [0.1, 0.15) is 11.5 Å². The fraction of sp³-hybridized carbons (Fsp3) is 0.471. The summed E-state index contributed by atoms with van der Waals surface area (Å²) in [4.78, 5) is 11.9. The van der Waals surface area contributed by atoms with E-state index in [0.29, 0.717) is 34.7 Å². The van der Waals surface area contributed by atoms with E-state index in [1.54, 1.807) is 32.4 Å². The molecule has 2 aromatic rings. The van der Waals surface area contributed by atoms with Gasteiger partial charge in [-0.3, -0.25) is 4.79 Å². The first-order chi connectivity index (χ1) is 12.7. The fourth-order valence-corrected chi connectivity index (χ4v) is 3.16. The predicted molar refractivity (Wildman–Crippen MR) is 95.5 cm³/mol. The lowest BCUT2D eigenvalue weighted by atomic mass is 10.2. The Morgan fingerprint density at radius 1 is 1.35 bits per heavy atom. The lowest BCUT2D eigenvalue weighted by Crippen LogP contribution is -2.32. The van der Waals surface area contributed by atoms with Crippen molar-refractivity contribution in [3.8, 4) is 23.0 Å². The Morgan fingerprint density at radius 2 is 2.23 bits per heavy atom. The molecule has 1 saturated heterocycles. The normalized spacial score (nSPS) is 16.5. The van der Waals surface area contributed by atoms with Crippen LogP contribution in [0.3, 0.4) is 0 Å². The number of rotatable bonds is 8. The van der Waals surface area contributed by atoms with Gasteiger partial charge in [-0.25, -0.2) is 0 Å². The van der Waals surface area contributed by atoms with Crippen molar-refractivity contribution in [2.24, 2.45) is 0 Å². The molecule has 2 heterocycles. The third-order valence-electron chi connectivity index (χ3n) is 3.92. The zero-order chi connectivity index (χ0) is 18.4. The molecule has 8 nitrogen and oxygen atoms in total. The van der Waals surface area contributed by atoms with E-state index in [-0.39, 0.29) is 17.8 Å². The molecule has 3 rings (SSSR count). The van der Waals surface area contributed by atoms with Gasteiger partial charge in [0.2, 0.25) is 5.91 Å². The van der Waals surface area contributed by atoms with Crippen molar-refractivity contribution in [2.75, 3.05) is 33.1 Å². The quantitative estimate of drug-likeness (QED) is 0.697. The van der Waals surface area contributed by atoms with E-state index in [2.05, 4.69) is 15.5 Å². The SMILES string of the molecule is COc1ccc(-c2nnc(SCC(=O)NC[C@H]3CCCO3)o2)c(OC)c1. The number of ether oxygens (including phenoxy) is 3. The van der Waals surface area contributed by atoms with Crippen molar-refractivity contribution < 1.29 is 23.4 Å². The van der Waals surface area contributed by atoms with Crippen molar-refractivity contribution in [3.05, 3.63) is 18.2 Å². The summed E-state index contributed by atoms with van der Waals surface area (Å²) in [5.41, 5.74) is 0.662. The van der Waals surface area contributed by atoms with Gasteiger partial charge in [-0.05, 0) is 25.0 Å². The number of nitrogens with one attached hydrogen (secondary N) is 1. The van der Waals surface area contributed by atoms with Crippen LogP contribution in [-0.2, 0) is 9.53 Å². The number of aromatic nitrogens is 2. The maximum Gasteiger partial charge on any atom is 0.277 e. The molecule has 1 atom stereocenters. The number of amides is 1. The number of thioether (sulfide) groups is 1. The number of hydrogen-bond donors (Lipinski definition) is 1. The second kappa shape index (κ2) is 8.91. The zero-order valence-electron chi connectivity index (χ0n) is 14.7. The van der Waals surface area contributed by atoms with E-state index in [0.717, 1.165) is 19.4 Å². The molecule has 1 aromatic heterocycles. The molecule has 0 spiro atoms. The highest BCUT2D eigenvalue weighted by atomic mass is 32.2. The molecule has 1 fully saturated rings. The van der Waals surface area contributed by atoms with Crippen molar-refractivity contribution in [2.45, 2.75) is 24.2 Å². The van der Waals surface area contributed by atoms with Crippen molar-refractivity contribution in [3.63, 3.8) is 0 Å². The highest BCUT2D eigenvalue weighted by molar-refractivity contribution is 7.99. The lowest BCUT2D eigenvalue weighted by Gasteiger charge is -2.09. The van der Waals surface area contributed by atoms with Gasteiger partial charge < -0.3 is 23.9 Å². The van der Waals surface area contributed by atoms with Crippen LogP contribution in [0.1, 0.15) is 12.8 Å². The van der Waals surface area contributed by atoms with Crippen LogP contribution < -0.4 is 14.8 Å². The molecule has 26 heavy (non-hydrogen) atoms. The minimum absolute atomic E-state index is 0.0905. The van der Waals surface area contributed by atoms with E-state index in [4.69, 9.17) is 18.6 Å². The fourth-order valence-electron chi connectivity index (χ4n) is 2.56. The van der Waals surface area contributed by atoms with Gasteiger partial charge in [0, 0.05) is 19.2 Å². The van der Waals surface area contributed by atoms with Crippen molar-refractivity contribution in [1.82, 2.24) is 15.5 Å². The highest BCUT2D eigenvalue weighted by Gasteiger charge is 2.18. The molecule has 9 heteroatoms. The van der Waals surface area contributed by atoms with E-state index < -0.39 is 0 Å². The summed E-state index contributed by atoms with van der Waals surface area (Å²) in [6.07, 6.45) is 2.17. The Balaban J connectivity index is 1.55. The molecular weight excluding hydrogens is 358 g/mol. The summed E-state index contributed by atoms with van der Waals surface area (Å²) in [6, 6.07) is 5.31. The molecule has 1 aliphatic rings. The molecule has 140 valence electrons. The third-order valence-corrected chi connectivity index (χ3v) is 4.74. The van der Waals surface area contributed by atoms with Crippen LogP contribution in [0.15, 0.2) is 27.8 Å². The first kappa shape index (κ1) is 18.5. The Hall–Kier alpha value is -2.26. The number of hydrogen-bond acceptors (Lipinski definition) is 8. The second-order valence-electron chi connectivity index (χ2n) is 5.67. The van der Waals surface area contributed by atoms with Crippen LogP contribution in [0.25, 0.3) is 11.5 Å². The average Bonchev–Trinajstić information content (AvgIpc) is 3.36. The standard InChI is InChI=1S/C17H21N3O5S/c1-22-11-5-6-13(14(8-11)23-2)16-19-20-17(25-16)26-10-15(21)18-9-12-4-3-7-24-12/h5-6,8,12H,3-4,7,9-10H2,1-2H3,(H,18,21)/t12-/m1/s1. The molecule has 1 aromatic carbocycles. The van der Waals surface area contributed by atoms with E-state index >= 15 is 0 Å².